The van der Waals surface area contributed by atoms with Crippen LogP contribution in [0, 0.1) is 5.92 Å². The van der Waals surface area contributed by atoms with Crippen LogP contribution in [0.2, 0.25) is 5.02 Å². The Morgan fingerprint density at radius 1 is 1.44 bits per heavy atom. The standard InChI is InChI=1S/C12H19ClN2O/c1-9(8-16-2)7-12(15-14)10-5-3-4-6-11(10)13/h3-6,9,12,15H,7-8,14H2,1-2H3. The molecule has 0 saturated carbocycles. The normalized spacial score (nSPS) is 14.8. The Morgan fingerprint density at radius 3 is 2.69 bits per heavy atom. The number of nitrogens with one attached hydrogen (secondary N) is 1. The number of ether oxygens (including phenoxy) is 1. The number of hydrogen-bond donors (Lipinski definition) is 2. The van der Waals surface area contributed by atoms with Gasteiger partial charge < -0.3 is 4.74 Å². The molecule has 90 valence electrons. The van der Waals surface area contributed by atoms with Crippen molar-refractivity contribution in [3.05, 3.63) is 34.9 Å². The highest BCUT2D eigenvalue weighted by molar-refractivity contribution is 6.31. The summed E-state index contributed by atoms with van der Waals surface area (Å²) in [5.41, 5.74) is 3.85. The molecule has 4 heteroatoms. The molecule has 3 nitrogen and oxygen atoms in total. The van der Waals surface area contributed by atoms with Crippen molar-refractivity contribution in [1.82, 2.24) is 5.43 Å². The summed E-state index contributed by atoms with van der Waals surface area (Å²) in [6.45, 7) is 2.85. The molecular formula is C12H19ClN2O. The molecule has 2 unspecified atom stereocenters. The summed E-state index contributed by atoms with van der Waals surface area (Å²) in [5.74, 6) is 6.00. The number of methoxy groups -OCH3 is 1. The molecule has 1 rings (SSSR count). The van der Waals surface area contributed by atoms with E-state index in [1.165, 1.54) is 0 Å². The minimum absolute atomic E-state index is 0.0684. The highest BCUT2D eigenvalue weighted by Crippen LogP contribution is 2.26. The molecule has 0 aromatic heterocycles. The van der Waals surface area contributed by atoms with Crippen LogP contribution in [-0.4, -0.2) is 13.7 Å². The van der Waals surface area contributed by atoms with Crippen LogP contribution in [0.1, 0.15) is 24.9 Å². The summed E-state index contributed by atoms with van der Waals surface area (Å²) < 4.78 is 5.11. The Hall–Kier alpha value is -0.610. The molecule has 3 N–H and O–H groups in total. The van der Waals surface area contributed by atoms with Crippen molar-refractivity contribution in [2.24, 2.45) is 11.8 Å². The maximum absolute atomic E-state index is 6.13. The molecule has 0 aliphatic heterocycles. The number of rotatable bonds is 6. The first kappa shape index (κ1) is 13.5. The van der Waals surface area contributed by atoms with Crippen molar-refractivity contribution >= 4 is 11.6 Å². The molecule has 1 aromatic rings. The van der Waals surface area contributed by atoms with Gasteiger partial charge in [0.1, 0.15) is 0 Å². The van der Waals surface area contributed by atoms with Gasteiger partial charge in [-0.3, -0.25) is 11.3 Å². The van der Waals surface area contributed by atoms with E-state index in [2.05, 4.69) is 12.3 Å². The zero-order chi connectivity index (χ0) is 12.0. The van der Waals surface area contributed by atoms with E-state index in [4.69, 9.17) is 22.2 Å². The van der Waals surface area contributed by atoms with Crippen LogP contribution in [0.4, 0.5) is 0 Å². The van der Waals surface area contributed by atoms with Crippen molar-refractivity contribution < 1.29 is 4.74 Å². The van der Waals surface area contributed by atoms with Gasteiger partial charge in [-0.25, -0.2) is 0 Å². The van der Waals surface area contributed by atoms with Gasteiger partial charge in [-0.15, -0.1) is 0 Å². The third-order valence-corrected chi connectivity index (χ3v) is 2.92. The Kier molecular flexibility index (Phi) is 5.77. The molecule has 1 aromatic carbocycles. The van der Waals surface area contributed by atoms with E-state index in [1.54, 1.807) is 7.11 Å². The summed E-state index contributed by atoms with van der Waals surface area (Å²) in [7, 11) is 1.71. The summed E-state index contributed by atoms with van der Waals surface area (Å²) >= 11 is 6.13. The van der Waals surface area contributed by atoms with Crippen LogP contribution < -0.4 is 11.3 Å². The molecule has 0 aliphatic carbocycles. The third kappa shape index (κ3) is 3.76. The van der Waals surface area contributed by atoms with E-state index in [9.17, 15) is 0 Å². The SMILES string of the molecule is COCC(C)CC(NN)c1ccccc1Cl. The first-order valence-corrected chi connectivity index (χ1v) is 5.76. The van der Waals surface area contributed by atoms with E-state index in [0.29, 0.717) is 5.92 Å². The average molecular weight is 243 g/mol. The predicted molar refractivity (Wildman–Crippen MR) is 67.2 cm³/mol. The molecule has 0 fully saturated rings. The monoisotopic (exact) mass is 242 g/mol. The largest absolute Gasteiger partial charge is 0.384 e. The fraction of sp³-hybridized carbons (Fsp3) is 0.500. The molecule has 0 amide bonds. The second-order valence-electron chi connectivity index (χ2n) is 4.04. The molecule has 2 atom stereocenters. The molecule has 0 aliphatic rings. The molecule has 16 heavy (non-hydrogen) atoms. The lowest BCUT2D eigenvalue weighted by atomic mass is 9.97. The minimum atomic E-state index is 0.0684. The lowest BCUT2D eigenvalue weighted by Crippen LogP contribution is -2.30. The number of halogens is 1. The number of benzene rings is 1. The van der Waals surface area contributed by atoms with Crippen LogP contribution in [0.15, 0.2) is 24.3 Å². The van der Waals surface area contributed by atoms with Gasteiger partial charge in [-0.1, -0.05) is 36.7 Å². The van der Waals surface area contributed by atoms with E-state index < -0.39 is 0 Å². The first-order chi connectivity index (χ1) is 7.69. The van der Waals surface area contributed by atoms with Crippen LogP contribution in [0.5, 0.6) is 0 Å². The maximum Gasteiger partial charge on any atom is 0.0488 e. The molecule has 0 bridgehead atoms. The van der Waals surface area contributed by atoms with Crippen LogP contribution in [-0.2, 0) is 4.74 Å². The van der Waals surface area contributed by atoms with E-state index in [1.807, 2.05) is 24.3 Å². The van der Waals surface area contributed by atoms with Gasteiger partial charge in [0.25, 0.3) is 0 Å². The van der Waals surface area contributed by atoms with Gasteiger partial charge in [0.2, 0.25) is 0 Å². The zero-order valence-electron chi connectivity index (χ0n) is 9.74. The smallest absolute Gasteiger partial charge is 0.0488 e. The van der Waals surface area contributed by atoms with Crippen LogP contribution in [0.3, 0.4) is 0 Å². The summed E-state index contributed by atoms with van der Waals surface area (Å²) in [5, 5.41) is 0.745. The van der Waals surface area contributed by atoms with Crippen LogP contribution >= 0.6 is 11.6 Å². The van der Waals surface area contributed by atoms with E-state index in [-0.39, 0.29) is 6.04 Å². The molecule has 0 radical (unpaired) electrons. The number of hydrogen-bond acceptors (Lipinski definition) is 3. The van der Waals surface area contributed by atoms with E-state index >= 15 is 0 Å². The molecule has 0 heterocycles. The lowest BCUT2D eigenvalue weighted by molar-refractivity contribution is 0.149. The molecule has 0 saturated heterocycles. The molecular weight excluding hydrogens is 224 g/mol. The average Bonchev–Trinajstić information content (AvgIpc) is 2.27. The topological polar surface area (TPSA) is 47.3 Å². The van der Waals surface area contributed by atoms with Gasteiger partial charge in [0.05, 0.1) is 0 Å². The highest BCUT2D eigenvalue weighted by atomic mass is 35.5. The Bertz CT molecular complexity index is 320. The van der Waals surface area contributed by atoms with Crippen molar-refractivity contribution in [3.8, 4) is 0 Å². The van der Waals surface area contributed by atoms with Gasteiger partial charge >= 0.3 is 0 Å². The number of hydrazine groups is 1. The summed E-state index contributed by atoms with van der Waals surface area (Å²) in [4.78, 5) is 0. The minimum Gasteiger partial charge on any atom is -0.384 e. The summed E-state index contributed by atoms with van der Waals surface area (Å²) in [6.07, 6.45) is 0.897. The fourth-order valence-electron chi connectivity index (χ4n) is 1.80. The third-order valence-electron chi connectivity index (χ3n) is 2.57. The van der Waals surface area contributed by atoms with Crippen LogP contribution in [0.25, 0.3) is 0 Å². The summed E-state index contributed by atoms with van der Waals surface area (Å²) in [6, 6.07) is 7.82. The first-order valence-electron chi connectivity index (χ1n) is 5.38. The Balaban J connectivity index is 2.71. The lowest BCUT2D eigenvalue weighted by Gasteiger charge is -2.21. The van der Waals surface area contributed by atoms with E-state index in [0.717, 1.165) is 23.6 Å². The maximum atomic E-state index is 6.13. The quantitative estimate of drug-likeness (QED) is 0.595. The Morgan fingerprint density at radius 2 is 2.12 bits per heavy atom. The van der Waals surface area contributed by atoms with Crippen molar-refractivity contribution in [2.45, 2.75) is 19.4 Å². The predicted octanol–water partition coefficient (Wildman–Crippen LogP) is 2.52. The second kappa shape index (κ2) is 6.86. The number of nitrogens with two attached hydrogens (primary N) is 1. The highest BCUT2D eigenvalue weighted by Gasteiger charge is 2.16. The molecule has 0 spiro atoms. The Labute approximate surface area is 102 Å². The van der Waals surface area contributed by atoms with Gasteiger partial charge in [0, 0.05) is 24.8 Å². The second-order valence-corrected chi connectivity index (χ2v) is 4.44. The van der Waals surface area contributed by atoms with Crippen molar-refractivity contribution in [3.63, 3.8) is 0 Å². The van der Waals surface area contributed by atoms with Crippen molar-refractivity contribution in [2.75, 3.05) is 13.7 Å². The van der Waals surface area contributed by atoms with Gasteiger partial charge in [0.15, 0.2) is 0 Å². The van der Waals surface area contributed by atoms with Gasteiger partial charge in [-0.2, -0.15) is 0 Å². The van der Waals surface area contributed by atoms with Gasteiger partial charge in [-0.05, 0) is 24.0 Å². The fourth-order valence-corrected chi connectivity index (χ4v) is 2.06. The zero-order valence-corrected chi connectivity index (χ0v) is 10.5. The van der Waals surface area contributed by atoms with Crippen molar-refractivity contribution in [1.29, 1.82) is 0 Å².